The number of amides is 1. The molecule has 10 nitrogen and oxygen atoms in total. The fourth-order valence-electron chi connectivity index (χ4n) is 8.24. The number of benzene rings is 1. The molecule has 0 bridgehead atoms. The van der Waals surface area contributed by atoms with Crippen molar-refractivity contribution in [3.8, 4) is 11.1 Å². The monoisotopic (exact) mass is 665 g/mol. The van der Waals surface area contributed by atoms with Crippen molar-refractivity contribution in [1.82, 2.24) is 19.0 Å². The summed E-state index contributed by atoms with van der Waals surface area (Å²) in [5.74, 6) is -0.00487. The zero-order chi connectivity index (χ0) is 34.2. The number of anilines is 4. The van der Waals surface area contributed by atoms with Crippen LogP contribution in [0.2, 0.25) is 0 Å². The predicted octanol–water partition coefficient (Wildman–Crippen LogP) is 5.13. The van der Waals surface area contributed by atoms with Gasteiger partial charge >= 0.3 is 0 Å². The second-order valence-electron chi connectivity index (χ2n) is 15.0. The van der Waals surface area contributed by atoms with Crippen LogP contribution in [-0.4, -0.2) is 76.4 Å². The average Bonchev–Trinajstić information content (AvgIpc) is 3.52. The van der Waals surface area contributed by atoms with E-state index < -0.39 is 5.82 Å². The Bertz CT molecular complexity index is 2010. The van der Waals surface area contributed by atoms with Crippen molar-refractivity contribution in [2.45, 2.75) is 59.2 Å². The number of carbonyl (C=O) groups excluding carboxylic acids is 1. The molecule has 6 heterocycles. The van der Waals surface area contributed by atoms with E-state index in [9.17, 15) is 9.59 Å². The molecule has 0 saturated carbocycles. The van der Waals surface area contributed by atoms with Gasteiger partial charge in [0.05, 0.1) is 36.8 Å². The Balaban J connectivity index is 1.04. The standard InChI is InChI=1S/C38H44FN7O3/c1-23-19-43(29-21-49-22-29)8-9-44(23)28-6-7-35(40-18-28)41-31-12-26(20-42(5)36(31)47)30-14-27(39)15-32(24(30)2)46-11-10-45-33(37(46)48)13-25-16-38(3,4)17-34(25)45/h6-7,12-15,18,20,23,29H,8-11,16-17,19,21-22H2,1-5H3,(H,40,41)/t23-/m0/s1. The number of pyridine rings is 2. The highest BCUT2D eigenvalue weighted by atomic mass is 19.1. The van der Waals surface area contributed by atoms with E-state index >= 15 is 4.39 Å². The zero-order valence-corrected chi connectivity index (χ0v) is 28.9. The number of ether oxygens (including phenoxy) is 1. The summed E-state index contributed by atoms with van der Waals surface area (Å²) in [6.45, 7) is 14.3. The first-order valence-electron chi connectivity index (χ1n) is 17.3. The molecule has 0 radical (unpaired) electrons. The zero-order valence-electron chi connectivity index (χ0n) is 28.9. The van der Waals surface area contributed by atoms with Crippen LogP contribution < -0.4 is 20.7 Å². The molecular weight excluding hydrogens is 621 g/mol. The van der Waals surface area contributed by atoms with Crippen molar-refractivity contribution in [3.63, 3.8) is 0 Å². The molecule has 256 valence electrons. The number of hydrogen-bond acceptors (Lipinski definition) is 7. The number of carbonyl (C=O) groups is 1. The van der Waals surface area contributed by atoms with Gasteiger partial charge in [-0.05, 0) is 85.2 Å². The highest BCUT2D eigenvalue weighted by Gasteiger charge is 2.37. The van der Waals surface area contributed by atoms with E-state index in [1.165, 1.54) is 28.0 Å². The molecule has 3 aliphatic heterocycles. The smallest absolute Gasteiger partial charge is 0.274 e. The Morgan fingerprint density at radius 1 is 1.02 bits per heavy atom. The largest absolute Gasteiger partial charge is 0.378 e. The van der Waals surface area contributed by atoms with Gasteiger partial charge in [0.2, 0.25) is 0 Å². The van der Waals surface area contributed by atoms with E-state index in [-0.39, 0.29) is 16.9 Å². The van der Waals surface area contributed by atoms with E-state index in [0.29, 0.717) is 59.2 Å². The molecular formula is C38H44FN7O3. The Labute approximate surface area is 286 Å². The van der Waals surface area contributed by atoms with Crippen LogP contribution in [0.25, 0.3) is 11.1 Å². The molecule has 0 unspecified atom stereocenters. The number of nitrogens with zero attached hydrogens (tertiary/aromatic N) is 6. The summed E-state index contributed by atoms with van der Waals surface area (Å²) in [5.41, 5.74) is 7.12. The molecule has 49 heavy (non-hydrogen) atoms. The van der Waals surface area contributed by atoms with E-state index in [4.69, 9.17) is 4.74 Å². The summed E-state index contributed by atoms with van der Waals surface area (Å²) in [6, 6.07) is 11.5. The number of halogens is 1. The third-order valence-electron chi connectivity index (χ3n) is 10.9. The van der Waals surface area contributed by atoms with Crippen LogP contribution in [0.4, 0.5) is 27.3 Å². The number of nitrogens with one attached hydrogen (secondary N) is 1. The number of fused-ring (bicyclic) bond motifs is 3. The summed E-state index contributed by atoms with van der Waals surface area (Å²) in [7, 11) is 1.68. The van der Waals surface area contributed by atoms with Crippen LogP contribution in [0.3, 0.4) is 0 Å². The molecule has 4 aromatic rings. The summed E-state index contributed by atoms with van der Waals surface area (Å²) in [4.78, 5) is 38.4. The molecule has 8 rings (SSSR count). The second-order valence-corrected chi connectivity index (χ2v) is 15.0. The van der Waals surface area contributed by atoms with Crippen LogP contribution in [0.1, 0.15) is 48.1 Å². The Morgan fingerprint density at radius 2 is 1.84 bits per heavy atom. The topological polar surface area (TPSA) is 87.9 Å². The fraction of sp³-hybridized carbons (Fsp3) is 0.447. The first-order valence-corrected chi connectivity index (χ1v) is 17.3. The van der Waals surface area contributed by atoms with Crippen LogP contribution in [0.5, 0.6) is 0 Å². The molecule has 3 aromatic heterocycles. The van der Waals surface area contributed by atoms with Gasteiger partial charge in [-0.3, -0.25) is 14.5 Å². The van der Waals surface area contributed by atoms with Crippen molar-refractivity contribution in [1.29, 1.82) is 0 Å². The maximum absolute atomic E-state index is 15.4. The van der Waals surface area contributed by atoms with E-state index in [1.807, 2.05) is 31.3 Å². The van der Waals surface area contributed by atoms with E-state index in [1.54, 1.807) is 24.2 Å². The molecule has 1 aliphatic carbocycles. The maximum Gasteiger partial charge on any atom is 0.274 e. The molecule has 1 aromatic carbocycles. The first-order chi connectivity index (χ1) is 23.5. The second kappa shape index (κ2) is 11.8. The first kappa shape index (κ1) is 31.8. The number of hydrogen-bond donors (Lipinski definition) is 1. The fourth-order valence-corrected chi connectivity index (χ4v) is 8.24. The van der Waals surface area contributed by atoms with Gasteiger partial charge in [-0.2, -0.15) is 0 Å². The van der Waals surface area contributed by atoms with Gasteiger partial charge in [-0.25, -0.2) is 9.37 Å². The van der Waals surface area contributed by atoms with Crippen molar-refractivity contribution < 1.29 is 13.9 Å². The lowest BCUT2D eigenvalue weighted by Gasteiger charge is -2.46. The third kappa shape index (κ3) is 5.62. The SMILES string of the molecule is Cc1c(-c2cc(Nc3ccc(N4CCN(C5COC5)C[C@@H]4C)cn3)c(=O)n(C)c2)cc(F)cc1N1CCn2c(cc3c2CC(C)(C)C3)C1=O. The number of aromatic nitrogens is 3. The number of aryl methyl sites for hydroxylation is 1. The average molecular weight is 666 g/mol. The lowest BCUT2D eigenvalue weighted by atomic mass is 9.90. The summed E-state index contributed by atoms with van der Waals surface area (Å²) >= 11 is 0. The quantitative estimate of drug-likeness (QED) is 0.306. The summed E-state index contributed by atoms with van der Waals surface area (Å²) in [5, 5.41) is 3.21. The number of piperazine rings is 1. The van der Waals surface area contributed by atoms with Crippen LogP contribution in [0, 0.1) is 18.2 Å². The molecule has 11 heteroatoms. The maximum atomic E-state index is 15.4. The van der Waals surface area contributed by atoms with Crippen molar-refractivity contribution in [3.05, 3.63) is 87.5 Å². The Kier molecular flexibility index (Phi) is 7.68. The van der Waals surface area contributed by atoms with Crippen LogP contribution >= 0.6 is 0 Å². The van der Waals surface area contributed by atoms with Crippen LogP contribution in [0.15, 0.2) is 53.6 Å². The highest BCUT2D eigenvalue weighted by Crippen LogP contribution is 2.40. The van der Waals surface area contributed by atoms with Gasteiger partial charge in [0.25, 0.3) is 11.5 Å². The van der Waals surface area contributed by atoms with Crippen molar-refractivity contribution in [2.24, 2.45) is 12.5 Å². The molecule has 1 amide bonds. The minimum Gasteiger partial charge on any atom is -0.378 e. The minimum absolute atomic E-state index is 0.111. The lowest BCUT2D eigenvalue weighted by Crippen LogP contribution is -2.59. The third-order valence-corrected chi connectivity index (χ3v) is 10.9. The van der Waals surface area contributed by atoms with Gasteiger partial charge in [-0.1, -0.05) is 13.8 Å². The predicted molar refractivity (Wildman–Crippen MR) is 190 cm³/mol. The van der Waals surface area contributed by atoms with Gasteiger partial charge in [0.15, 0.2) is 0 Å². The molecule has 1 N–H and O–H groups in total. The molecule has 1 atom stereocenters. The van der Waals surface area contributed by atoms with Gasteiger partial charge in [0.1, 0.15) is 23.0 Å². The minimum atomic E-state index is -0.440. The lowest BCUT2D eigenvalue weighted by molar-refractivity contribution is -0.0691. The highest BCUT2D eigenvalue weighted by molar-refractivity contribution is 6.07. The summed E-state index contributed by atoms with van der Waals surface area (Å²) < 4.78 is 24.4. The van der Waals surface area contributed by atoms with E-state index in [2.05, 4.69) is 45.4 Å². The number of rotatable bonds is 6. The van der Waals surface area contributed by atoms with Crippen LogP contribution in [-0.2, 0) is 31.2 Å². The van der Waals surface area contributed by atoms with Gasteiger partial charge in [0, 0.05) is 63.3 Å². The van der Waals surface area contributed by atoms with Gasteiger partial charge < -0.3 is 29.0 Å². The normalized spacial score (nSPS) is 20.7. The van der Waals surface area contributed by atoms with Crippen molar-refractivity contribution >= 4 is 28.8 Å². The van der Waals surface area contributed by atoms with Gasteiger partial charge in [-0.15, -0.1) is 0 Å². The van der Waals surface area contributed by atoms with Crippen molar-refractivity contribution in [2.75, 3.05) is 54.5 Å². The Hall–Kier alpha value is -4.48. The Morgan fingerprint density at radius 3 is 2.55 bits per heavy atom. The van der Waals surface area contributed by atoms with E-state index in [0.717, 1.165) is 56.9 Å². The molecule has 4 aliphatic rings. The molecule has 2 fully saturated rings. The molecule has 2 saturated heterocycles. The summed E-state index contributed by atoms with van der Waals surface area (Å²) in [6.07, 6.45) is 5.46. The molecule has 0 spiro atoms.